The normalized spacial score (nSPS) is 16.0. The average Bonchev–Trinajstić information content (AvgIpc) is 2.59. The fourth-order valence-electron chi connectivity index (χ4n) is 2.77. The molecule has 1 saturated heterocycles. The molecule has 1 heterocycles. The van der Waals surface area contributed by atoms with Gasteiger partial charge >= 0.3 is 0 Å². The quantitative estimate of drug-likeness (QED) is 0.845. The number of aryl methyl sites for hydroxylation is 1. The summed E-state index contributed by atoms with van der Waals surface area (Å²) >= 11 is 0. The van der Waals surface area contributed by atoms with E-state index < -0.39 is 6.10 Å². The predicted octanol–water partition coefficient (Wildman–Crippen LogP) is 1.04. The molecule has 2 rings (SSSR count). The number of carbonyl (C=O) groups excluding carboxylic acids is 2. The molecule has 2 amide bonds. The largest absolute Gasteiger partial charge is 0.481 e. The van der Waals surface area contributed by atoms with Crippen LogP contribution in [0.4, 0.5) is 0 Å². The highest BCUT2D eigenvalue weighted by molar-refractivity contribution is 5.81. The van der Waals surface area contributed by atoms with Crippen LogP contribution in [0.15, 0.2) is 24.3 Å². The first-order chi connectivity index (χ1) is 11.5. The smallest absolute Gasteiger partial charge is 0.263 e. The molecule has 1 aromatic carbocycles. The van der Waals surface area contributed by atoms with E-state index in [2.05, 4.69) is 5.32 Å². The number of nitrogens with one attached hydrogen (secondary N) is 1. The van der Waals surface area contributed by atoms with Gasteiger partial charge < -0.3 is 19.9 Å². The Bertz CT molecular complexity index is 568. The van der Waals surface area contributed by atoms with E-state index >= 15 is 0 Å². The molecule has 1 aromatic rings. The van der Waals surface area contributed by atoms with Gasteiger partial charge in [0.05, 0.1) is 0 Å². The van der Waals surface area contributed by atoms with Crippen LogP contribution in [0.25, 0.3) is 0 Å². The van der Waals surface area contributed by atoms with Crippen LogP contribution in [0.2, 0.25) is 0 Å². The highest BCUT2D eigenvalue weighted by atomic mass is 16.5. The van der Waals surface area contributed by atoms with Gasteiger partial charge in [0.25, 0.3) is 5.91 Å². The molecule has 0 aromatic heterocycles. The molecular formula is C18H27N3O3. The molecule has 1 aliphatic rings. The van der Waals surface area contributed by atoms with Gasteiger partial charge in [0.15, 0.2) is 6.10 Å². The summed E-state index contributed by atoms with van der Waals surface area (Å²) in [7, 11) is 1.83. The van der Waals surface area contributed by atoms with Crippen molar-refractivity contribution in [1.82, 2.24) is 15.1 Å². The molecule has 0 saturated carbocycles. The van der Waals surface area contributed by atoms with Gasteiger partial charge in [-0.05, 0) is 38.6 Å². The zero-order valence-electron chi connectivity index (χ0n) is 14.7. The maximum Gasteiger partial charge on any atom is 0.263 e. The molecule has 6 heteroatoms. The molecule has 1 N–H and O–H groups in total. The highest BCUT2D eigenvalue weighted by Crippen LogP contribution is 2.15. The fraction of sp³-hybridized carbons (Fsp3) is 0.556. The second kappa shape index (κ2) is 8.68. The van der Waals surface area contributed by atoms with Crippen molar-refractivity contribution in [2.24, 2.45) is 0 Å². The number of rotatable bonds is 6. The minimum absolute atomic E-state index is 0.0289. The van der Waals surface area contributed by atoms with E-state index in [9.17, 15) is 9.59 Å². The monoisotopic (exact) mass is 333 g/mol. The Hall–Kier alpha value is -2.08. The lowest BCUT2D eigenvalue weighted by molar-refractivity contribution is -0.143. The van der Waals surface area contributed by atoms with Crippen molar-refractivity contribution in [1.29, 1.82) is 0 Å². The van der Waals surface area contributed by atoms with Crippen LogP contribution in [0.3, 0.4) is 0 Å². The van der Waals surface area contributed by atoms with Crippen molar-refractivity contribution in [2.45, 2.75) is 26.4 Å². The molecule has 0 spiro atoms. The van der Waals surface area contributed by atoms with Crippen molar-refractivity contribution in [3.8, 4) is 5.75 Å². The molecule has 1 fully saturated rings. The van der Waals surface area contributed by atoms with Gasteiger partial charge in [-0.1, -0.05) is 12.1 Å². The first-order valence-electron chi connectivity index (χ1n) is 8.45. The molecule has 1 unspecified atom stereocenters. The van der Waals surface area contributed by atoms with Gasteiger partial charge in [-0.15, -0.1) is 0 Å². The SMILES string of the molecule is CNCCC(=O)N1CCN(C(=O)C(C)Oc2cccc(C)c2)CC1. The molecular weight excluding hydrogens is 306 g/mol. The maximum atomic E-state index is 12.5. The van der Waals surface area contributed by atoms with Crippen LogP contribution in [0.1, 0.15) is 18.9 Å². The van der Waals surface area contributed by atoms with Crippen LogP contribution < -0.4 is 10.1 Å². The van der Waals surface area contributed by atoms with E-state index in [1.807, 2.05) is 43.1 Å². The van der Waals surface area contributed by atoms with Crippen molar-refractivity contribution >= 4 is 11.8 Å². The van der Waals surface area contributed by atoms with E-state index in [1.165, 1.54) is 0 Å². The topological polar surface area (TPSA) is 61.9 Å². The number of amides is 2. The third kappa shape index (κ3) is 4.96. The standard InChI is InChI=1S/C18H27N3O3/c1-14-5-4-6-16(13-14)24-15(2)18(23)21-11-9-20(10-12-21)17(22)7-8-19-3/h4-6,13,15,19H,7-12H2,1-3H3. The minimum atomic E-state index is -0.529. The van der Waals surface area contributed by atoms with E-state index in [4.69, 9.17) is 4.74 Å². The second-order valence-corrected chi connectivity index (χ2v) is 6.14. The summed E-state index contributed by atoms with van der Waals surface area (Å²) in [5.41, 5.74) is 1.10. The van der Waals surface area contributed by atoms with Gasteiger partial charge in [0, 0.05) is 39.1 Å². The van der Waals surface area contributed by atoms with Crippen molar-refractivity contribution in [3.63, 3.8) is 0 Å². The number of benzene rings is 1. The van der Waals surface area contributed by atoms with Crippen LogP contribution in [-0.2, 0) is 9.59 Å². The lowest BCUT2D eigenvalue weighted by Crippen LogP contribution is -2.53. The van der Waals surface area contributed by atoms with E-state index in [-0.39, 0.29) is 11.8 Å². The van der Waals surface area contributed by atoms with Crippen LogP contribution in [0, 0.1) is 6.92 Å². The van der Waals surface area contributed by atoms with Crippen molar-refractivity contribution < 1.29 is 14.3 Å². The summed E-state index contributed by atoms with van der Waals surface area (Å²) in [5, 5.41) is 2.98. The molecule has 6 nitrogen and oxygen atoms in total. The van der Waals surface area contributed by atoms with E-state index in [0.717, 1.165) is 5.56 Å². The Kier molecular flexibility index (Phi) is 6.61. The summed E-state index contributed by atoms with van der Waals surface area (Å²) in [6.45, 7) is 6.74. The van der Waals surface area contributed by atoms with Gasteiger partial charge in [-0.25, -0.2) is 0 Å². The zero-order chi connectivity index (χ0) is 17.5. The van der Waals surface area contributed by atoms with Gasteiger partial charge in [-0.3, -0.25) is 9.59 Å². The Morgan fingerprint density at radius 3 is 2.50 bits per heavy atom. The minimum Gasteiger partial charge on any atom is -0.481 e. The molecule has 1 atom stereocenters. The fourth-order valence-corrected chi connectivity index (χ4v) is 2.77. The van der Waals surface area contributed by atoms with Crippen molar-refractivity contribution in [2.75, 3.05) is 39.8 Å². The number of ether oxygens (including phenoxy) is 1. The van der Waals surface area contributed by atoms with E-state index in [0.29, 0.717) is 44.9 Å². The number of hydrogen-bond acceptors (Lipinski definition) is 4. The zero-order valence-corrected chi connectivity index (χ0v) is 14.7. The van der Waals surface area contributed by atoms with Crippen molar-refractivity contribution in [3.05, 3.63) is 29.8 Å². The Morgan fingerprint density at radius 2 is 1.88 bits per heavy atom. The number of carbonyl (C=O) groups is 2. The third-order valence-corrected chi connectivity index (χ3v) is 4.18. The average molecular weight is 333 g/mol. The molecule has 24 heavy (non-hydrogen) atoms. The van der Waals surface area contributed by atoms with Gasteiger partial charge in [-0.2, -0.15) is 0 Å². The number of piperazine rings is 1. The molecule has 0 aliphatic carbocycles. The lowest BCUT2D eigenvalue weighted by Gasteiger charge is -2.36. The number of nitrogens with zero attached hydrogens (tertiary/aromatic N) is 2. The first-order valence-corrected chi connectivity index (χ1v) is 8.45. The predicted molar refractivity (Wildman–Crippen MR) is 93.0 cm³/mol. The van der Waals surface area contributed by atoms with Crippen LogP contribution in [-0.4, -0.2) is 67.5 Å². The summed E-state index contributed by atoms with van der Waals surface area (Å²) in [4.78, 5) is 28.1. The van der Waals surface area contributed by atoms with Crippen LogP contribution in [0.5, 0.6) is 5.75 Å². The maximum absolute atomic E-state index is 12.5. The Labute approximate surface area is 143 Å². The number of hydrogen-bond donors (Lipinski definition) is 1. The Morgan fingerprint density at radius 1 is 1.21 bits per heavy atom. The molecule has 1 aliphatic heterocycles. The first kappa shape index (κ1) is 18.3. The van der Waals surface area contributed by atoms with Crippen LogP contribution >= 0.6 is 0 Å². The van der Waals surface area contributed by atoms with Gasteiger partial charge in [0.2, 0.25) is 5.91 Å². The third-order valence-electron chi connectivity index (χ3n) is 4.18. The summed E-state index contributed by atoms with van der Waals surface area (Å²) in [5.74, 6) is 0.816. The summed E-state index contributed by atoms with van der Waals surface area (Å²) in [6.07, 6.45) is -0.0320. The second-order valence-electron chi connectivity index (χ2n) is 6.14. The molecule has 0 bridgehead atoms. The molecule has 132 valence electrons. The van der Waals surface area contributed by atoms with E-state index in [1.54, 1.807) is 11.8 Å². The Balaban J connectivity index is 1.82. The highest BCUT2D eigenvalue weighted by Gasteiger charge is 2.27. The molecule has 0 radical (unpaired) electrons. The van der Waals surface area contributed by atoms with Gasteiger partial charge in [0.1, 0.15) is 5.75 Å². The summed E-state index contributed by atoms with van der Waals surface area (Å²) < 4.78 is 5.76. The summed E-state index contributed by atoms with van der Waals surface area (Å²) in [6, 6.07) is 7.68. The lowest BCUT2D eigenvalue weighted by atomic mass is 10.2.